The normalized spacial score (nSPS) is 12.0. The smallest absolute Gasteiger partial charge is 0.303 e. The Bertz CT molecular complexity index is 318. The van der Waals surface area contributed by atoms with Crippen molar-refractivity contribution in [1.82, 2.24) is 10.6 Å². The number of nitrogens with two attached hydrogens (primary N) is 1. The SMILES string of the molecule is CC(C)CC(NC(=O)CN)C(=O)NCCCC(=O)O. The first kappa shape index (κ1) is 17.4. The monoisotopic (exact) mass is 273 g/mol. The molecule has 0 saturated carbocycles. The number of hydrogen-bond donors (Lipinski definition) is 4. The van der Waals surface area contributed by atoms with E-state index in [-0.39, 0.29) is 37.2 Å². The fourth-order valence-corrected chi connectivity index (χ4v) is 1.53. The van der Waals surface area contributed by atoms with Crippen molar-refractivity contribution in [2.75, 3.05) is 13.1 Å². The van der Waals surface area contributed by atoms with Gasteiger partial charge in [0.2, 0.25) is 11.8 Å². The lowest BCUT2D eigenvalue weighted by atomic mass is 10.0. The molecule has 2 amide bonds. The van der Waals surface area contributed by atoms with Gasteiger partial charge in [-0.2, -0.15) is 0 Å². The molecule has 110 valence electrons. The van der Waals surface area contributed by atoms with Gasteiger partial charge in [-0.05, 0) is 18.8 Å². The topological polar surface area (TPSA) is 122 Å². The average molecular weight is 273 g/mol. The molecule has 0 spiro atoms. The third-order valence-corrected chi connectivity index (χ3v) is 2.41. The van der Waals surface area contributed by atoms with E-state index >= 15 is 0 Å². The van der Waals surface area contributed by atoms with E-state index in [1.165, 1.54) is 0 Å². The van der Waals surface area contributed by atoms with Gasteiger partial charge in [0, 0.05) is 13.0 Å². The van der Waals surface area contributed by atoms with Crippen LogP contribution in [0.3, 0.4) is 0 Å². The molecule has 0 heterocycles. The zero-order chi connectivity index (χ0) is 14.8. The van der Waals surface area contributed by atoms with Crippen molar-refractivity contribution < 1.29 is 19.5 Å². The molecule has 7 heteroatoms. The Morgan fingerprint density at radius 2 is 1.89 bits per heavy atom. The van der Waals surface area contributed by atoms with Crippen LogP contribution in [0.15, 0.2) is 0 Å². The molecule has 0 bridgehead atoms. The van der Waals surface area contributed by atoms with E-state index in [2.05, 4.69) is 10.6 Å². The second kappa shape index (κ2) is 9.32. The molecule has 1 atom stereocenters. The van der Waals surface area contributed by atoms with Crippen LogP contribution in [0.4, 0.5) is 0 Å². The Balaban J connectivity index is 4.21. The van der Waals surface area contributed by atoms with Crippen molar-refractivity contribution in [3.8, 4) is 0 Å². The van der Waals surface area contributed by atoms with Crippen LogP contribution in [0.5, 0.6) is 0 Å². The lowest BCUT2D eigenvalue weighted by Crippen LogP contribution is -2.49. The van der Waals surface area contributed by atoms with Gasteiger partial charge in [-0.25, -0.2) is 0 Å². The van der Waals surface area contributed by atoms with E-state index in [9.17, 15) is 14.4 Å². The standard InChI is InChI=1S/C12H23N3O4/c1-8(2)6-9(15-10(16)7-13)12(19)14-5-3-4-11(17)18/h8-9H,3-7,13H2,1-2H3,(H,14,19)(H,15,16)(H,17,18). The Hall–Kier alpha value is -1.63. The fourth-order valence-electron chi connectivity index (χ4n) is 1.53. The quantitative estimate of drug-likeness (QED) is 0.420. The summed E-state index contributed by atoms with van der Waals surface area (Å²) in [6.07, 6.45) is 0.876. The Morgan fingerprint density at radius 3 is 2.37 bits per heavy atom. The summed E-state index contributed by atoms with van der Waals surface area (Å²) in [5, 5.41) is 13.6. The lowest BCUT2D eigenvalue weighted by molar-refractivity contribution is -0.137. The van der Waals surface area contributed by atoms with Crippen LogP contribution in [0.1, 0.15) is 33.1 Å². The van der Waals surface area contributed by atoms with Crippen molar-refractivity contribution in [2.45, 2.75) is 39.2 Å². The van der Waals surface area contributed by atoms with Gasteiger partial charge in [-0.1, -0.05) is 13.8 Å². The van der Waals surface area contributed by atoms with Crippen LogP contribution in [0.2, 0.25) is 0 Å². The highest BCUT2D eigenvalue weighted by Crippen LogP contribution is 2.05. The Kier molecular flexibility index (Phi) is 8.52. The highest BCUT2D eigenvalue weighted by Gasteiger charge is 2.20. The molecule has 0 aliphatic heterocycles. The maximum absolute atomic E-state index is 11.9. The van der Waals surface area contributed by atoms with E-state index in [4.69, 9.17) is 10.8 Å². The summed E-state index contributed by atoms with van der Waals surface area (Å²) in [5.41, 5.74) is 5.20. The minimum atomic E-state index is -0.899. The van der Waals surface area contributed by atoms with Gasteiger partial charge in [-0.15, -0.1) is 0 Å². The van der Waals surface area contributed by atoms with Crippen LogP contribution < -0.4 is 16.4 Å². The van der Waals surface area contributed by atoms with E-state index in [0.29, 0.717) is 12.8 Å². The summed E-state index contributed by atoms with van der Waals surface area (Å²) >= 11 is 0. The second-order valence-corrected chi connectivity index (χ2v) is 4.74. The minimum absolute atomic E-state index is 0.00425. The van der Waals surface area contributed by atoms with Crippen LogP contribution in [0, 0.1) is 5.92 Å². The molecule has 7 nitrogen and oxygen atoms in total. The van der Waals surface area contributed by atoms with E-state index in [1.807, 2.05) is 13.8 Å². The number of aliphatic carboxylic acids is 1. The fraction of sp³-hybridized carbons (Fsp3) is 0.750. The number of carbonyl (C=O) groups excluding carboxylic acids is 2. The van der Waals surface area contributed by atoms with Gasteiger partial charge in [0.15, 0.2) is 0 Å². The summed E-state index contributed by atoms with van der Waals surface area (Å²) < 4.78 is 0. The van der Waals surface area contributed by atoms with Crippen LogP contribution in [-0.2, 0) is 14.4 Å². The van der Waals surface area contributed by atoms with Gasteiger partial charge < -0.3 is 21.5 Å². The molecule has 0 fully saturated rings. The zero-order valence-electron chi connectivity index (χ0n) is 11.4. The number of nitrogens with one attached hydrogen (secondary N) is 2. The first-order chi connectivity index (χ1) is 8.86. The van der Waals surface area contributed by atoms with Crippen molar-refractivity contribution in [3.63, 3.8) is 0 Å². The summed E-state index contributed by atoms with van der Waals surface area (Å²) in [6.45, 7) is 4.00. The molecule has 5 N–H and O–H groups in total. The highest BCUT2D eigenvalue weighted by atomic mass is 16.4. The van der Waals surface area contributed by atoms with Gasteiger partial charge in [0.25, 0.3) is 0 Å². The molecule has 1 unspecified atom stereocenters. The van der Waals surface area contributed by atoms with Crippen molar-refractivity contribution in [3.05, 3.63) is 0 Å². The molecular formula is C12H23N3O4. The van der Waals surface area contributed by atoms with Crippen LogP contribution >= 0.6 is 0 Å². The minimum Gasteiger partial charge on any atom is -0.481 e. The first-order valence-electron chi connectivity index (χ1n) is 6.35. The largest absolute Gasteiger partial charge is 0.481 e. The molecule has 0 aliphatic carbocycles. The van der Waals surface area contributed by atoms with Crippen LogP contribution in [0.25, 0.3) is 0 Å². The Labute approximate surface area is 112 Å². The molecule has 0 aromatic carbocycles. The number of rotatable bonds is 9. The maximum Gasteiger partial charge on any atom is 0.303 e. The Morgan fingerprint density at radius 1 is 1.26 bits per heavy atom. The third-order valence-electron chi connectivity index (χ3n) is 2.41. The predicted molar refractivity (Wildman–Crippen MR) is 70.3 cm³/mol. The molecule has 0 aliphatic rings. The maximum atomic E-state index is 11.9. The third kappa shape index (κ3) is 9.01. The number of amides is 2. The number of carbonyl (C=O) groups is 3. The zero-order valence-corrected chi connectivity index (χ0v) is 11.4. The van der Waals surface area contributed by atoms with Gasteiger partial charge >= 0.3 is 5.97 Å². The van der Waals surface area contributed by atoms with Gasteiger partial charge in [-0.3, -0.25) is 14.4 Å². The summed E-state index contributed by atoms with van der Waals surface area (Å²) in [7, 11) is 0. The number of carboxylic acid groups (broad SMARTS) is 1. The molecule has 0 saturated heterocycles. The van der Waals surface area contributed by atoms with E-state index in [1.54, 1.807) is 0 Å². The van der Waals surface area contributed by atoms with Crippen molar-refractivity contribution in [1.29, 1.82) is 0 Å². The van der Waals surface area contributed by atoms with E-state index in [0.717, 1.165) is 0 Å². The predicted octanol–water partition coefficient (Wildman–Crippen LogP) is -0.543. The number of carboxylic acids is 1. The molecule has 0 aromatic heterocycles. The van der Waals surface area contributed by atoms with Gasteiger partial charge in [0.05, 0.1) is 6.54 Å². The number of hydrogen-bond acceptors (Lipinski definition) is 4. The summed E-state index contributed by atoms with van der Waals surface area (Å²) in [5.74, 6) is -1.34. The summed E-state index contributed by atoms with van der Waals surface area (Å²) in [6, 6.07) is -0.624. The molecule has 0 radical (unpaired) electrons. The van der Waals surface area contributed by atoms with Crippen LogP contribution in [-0.4, -0.2) is 42.0 Å². The second-order valence-electron chi connectivity index (χ2n) is 4.74. The molecular weight excluding hydrogens is 250 g/mol. The van der Waals surface area contributed by atoms with Gasteiger partial charge in [0.1, 0.15) is 6.04 Å². The summed E-state index contributed by atoms with van der Waals surface area (Å²) in [4.78, 5) is 33.4. The molecule has 0 aromatic rings. The first-order valence-corrected chi connectivity index (χ1v) is 6.35. The molecule has 19 heavy (non-hydrogen) atoms. The lowest BCUT2D eigenvalue weighted by Gasteiger charge is -2.19. The van der Waals surface area contributed by atoms with Crippen molar-refractivity contribution >= 4 is 17.8 Å². The highest BCUT2D eigenvalue weighted by molar-refractivity contribution is 5.88. The van der Waals surface area contributed by atoms with E-state index < -0.39 is 12.0 Å². The average Bonchev–Trinajstić information content (AvgIpc) is 2.32. The molecule has 0 rings (SSSR count). The van der Waals surface area contributed by atoms with Crippen molar-refractivity contribution in [2.24, 2.45) is 11.7 Å².